The quantitative estimate of drug-likeness (QED) is 0.428. The molecule has 0 fully saturated rings. The van der Waals surface area contributed by atoms with Crippen LogP contribution in [-0.4, -0.2) is 41.4 Å². The molecule has 0 spiro atoms. The van der Waals surface area contributed by atoms with Crippen molar-refractivity contribution in [3.05, 3.63) is 71.6 Å². The molecule has 27 heavy (non-hydrogen) atoms. The molecule has 4 N–H and O–H groups in total. The number of aryl methyl sites for hydroxylation is 1. The van der Waals surface area contributed by atoms with Gasteiger partial charge in [-0.1, -0.05) is 12.1 Å². The van der Waals surface area contributed by atoms with Crippen molar-refractivity contribution >= 4 is 17.4 Å². The average molecular weight is 368 g/mol. The van der Waals surface area contributed by atoms with Gasteiger partial charge in [-0.3, -0.25) is 9.50 Å². The van der Waals surface area contributed by atoms with E-state index in [1.807, 2.05) is 6.92 Å². The average Bonchev–Trinajstić information content (AvgIpc) is 3.30. The number of aromatic nitrogens is 5. The first-order valence-corrected chi connectivity index (χ1v) is 8.23. The van der Waals surface area contributed by atoms with Crippen LogP contribution in [0.1, 0.15) is 17.1 Å². The number of nitrogens with one attached hydrogen (secondary N) is 2. The Morgan fingerprint density at radius 1 is 1.22 bits per heavy atom. The van der Waals surface area contributed by atoms with Crippen LogP contribution in [0.3, 0.4) is 0 Å². The first kappa shape index (κ1) is 17.1. The highest BCUT2D eigenvalue weighted by Crippen LogP contribution is 2.29. The molecule has 0 radical (unpaired) electrons. The van der Waals surface area contributed by atoms with E-state index in [-0.39, 0.29) is 11.4 Å². The summed E-state index contributed by atoms with van der Waals surface area (Å²) < 4.78 is 14.9. The van der Waals surface area contributed by atoms with Crippen LogP contribution in [0.5, 0.6) is 0 Å². The van der Waals surface area contributed by atoms with Crippen molar-refractivity contribution in [1.82, 2.24) is 24.6 Å². The summed E-state index contributed by atoms with van der Waals surface area (Å²) >= 11 is 0. The number of nitrogens with zero attached hydrogens (tertiary/aromatic N) is 4. The van der Waals surface area contributed by atoms with Gasteiger partial charge in [-0.05, 0) is 36.8 Å². The third-order valence-electron chi connectivity index (χ3n) is 4.25. The van der Waals surface area contributed by atoms with Crippen LogP contribution in [0.4, 0.5) is 16.2 Å². The zero-order valence-electron chi connectivity index (χ0n) is 14.4. The molecule has 9 heteroatoms. The van der Waals surface area contributed by atoms with Crippen LogP contribution >= 0.6 is 0 Å². The van der Waals surface area contributed by atoms with Gasteiger partial charge in [0, 0.05) is 18.0 Å². The molecule has 0 amide bonds. The smallest absolute Gasteiger partial charge is 0.216 e. The van der Waals surface area contributed by atoms with Gasteiger partial charge < -0.3 is 15.5 Å². The van der Waals surface area contributed by atoms with E-state index in [1.165, 1.54) is 24.3 Å². The van der Waals surface area contributed by atoms with Crippen molar-refractivity contribution in [2.24, 2.45) is 0 Å². The van der Waals surface area contributed by atoms with Crippen molar-refractivity contribution in [2.75, 3.05) is 11.9 Å². The largest absolute Gasteiger partial charge is 0.393 e. The molecule has 1 aromatic carbocycles. The number of benzene rings is 1. The number of hydrogen-bond donors (Lipinski definition) is 4. The summed E-state index contributed by atoms with van der Waals surface area (Å²) in [5, 5.41) is 31.0. The molecule has 4 rings (SSSR count). The highest BCUT2D eigenvalue weighted by Gasteiger charge is 2.35. The topological polar surface area (TPSA) is 111 Å². The summed E-state index contributed by atoms with van der Waals surface area (Å²) in [6.45, 7) is 1.20. The van der Waals surface area contributed by atoms with E-state index in [2.05, 4.69) is 25.5 Å². The summed E-state index contributed by atoms with van der Waals surface area (Å²) in [5.74, 6) is 0.442. The maximum atomic E-state index is 13.3. The molecule has 0 saturated carbocycles. The summed E-state index contributed by atoms with van der Waals surface area (Å²) in [4.78, 5) is 8.77. The van der Waals surface area contributed by atoms with Gasteiger partial charge in [-0.25, -0.2) is 9.37 Å². The third-order valence-corrected chi connectivity index (χ3v) is 4.25. The third kappa shape index (κ3) is 3.03. The minimum atomic E-state index is -1.89. The molecule has 8 nitrogen and oxygen atoms in total. The van der Waals surface area contributed by atoms with Crippen LogP contribution in [-0.2, 0) is 5.60 Å². The van der Waals surface area contributed by atoms with Gasteiger partial charge in [0.2, 0.25) is 5.95 Å². The summed E-state index contributed by atoms with van der Waals surface area (Å²) in [7, 11) is 0. The number of fused-ring (bicyclic) bond motifs is 1. The second-order valence-corrected chi connectivity index (χ2v) is 6.19. The van der Waals surface area contributed by atoms with Crippen molar-refractivity contribution in [3.8, 4) is 0 Å². The summed E-state index contributed by atoms with van der Waals surface area (Å²) in [6.07, 6.45) is 1.76. The molecular formula is C18H17FN6O2. The molecule has 0 bridgehead atoms. The lowest BCUT2D eigenvalue weighted by Crippen LogP contribution is -2.34. The molecule has 3 heterocycles. The number of aromatic amines is 1. The molecular weight excluding hydrogens is 351 g/mol. The van der Waals surface area contributed by atoms with Crippen molar-refractivity contribution in [2.45, 2.75) is 12.5 Å². The molecule has 0 saturated heterocycles. The number of hydrogen-bond acceptors (Lipinski definition) is 6. The lowest BCUT2D eigenvalue weighted by Gasteiger charge is -2.25. The van der Waals surface area contributed by atoms with E-state index in [0.717, 1.165) is 5.69 Å². The maximum absolute atomic E-state index is 13.3. The Bertz CT molecular complexity index is 1090. The van der Waals surface area contributed by atoms with Crippen molar-refractivity contribution < 1.29 is 14.6 Å². The van der Waals surface area contributed by atoms with Gasteiger partial charge in [0.1, 0.15) is 11.5 Å². The van der Waals surface area contributed by atoms with Gasteiger partial charge >= 0.3 is 0 Å². The number of anilines is 2. The molecule has 138 valence electrons. The second-order valence-electron chi connectivity index (χ2n) is 6.19. The lowest BCUT2D eigenvalue weighted by molar-refractivity contribution is 0.0100. The normalized spacial score (nSPS) is 13.6. The second kappa shape index (κ2) is 6.45. The Morgan fingerprint density at radius 3 is 2.67 bits per heavy atom. The van der Waals surface area contributed by atoms with Gasteiger partial charge in [0.25, 0.3) is 0 Å². The van der Waals surface area contributed by atoms with Gasteiger partial charge in [0.05, 0.1) is 6.61 Å². The number of rotatable bonds is 5. The monoisotopic (exact) mass is 368 g/mol. The standard InChI is InChI=1S/C18H17FN6O2/c1-11-9-14(24-23-11)20-17-22-16(21-15-3-2-8-25(15)17)18(27,10-26)12-4-6-13(19)7-5-12/h2-9,26-27H,10H2,1H3,(H2,20,21,22,23,24). The summed E-state index contributed by atoms with van der Waals surface area (Å²) in [5.41, 5.74) is -0.223. The molecule has 4 aromatic rings. The summed E-state index contributed by atoms with van der Waals surface area (Å²) in [6, 6.07) is 10.5. The highest BCUT2D eigenvalue weighted by molar-refractivity contribution is 5.54. The lowest BCUT2D eigenvalue weighted by atomic mass is 9.94. The molecule has 1 unspecified atom stereocenters. The Balaban J connectivity index is 1.84. The number of aliphatic hydroxyl groups excluding tert-OH is 1. The predicted octanol–water partition coefficient (Wildman–Crippen LogP) is 1.87. The van der Waals surface area contributed by atoms with Crippen molar-refractivity contribution in [3.63, 3.8) is 0 Å². The highest BCUT2D eigenvalue weighted by atomic mass is 19.1. The molecule has 3 aromatic heterocycles. The number of H-pyrrole nitrogens is 1. The SMILES string of the molecule is Cc1cc(Nc2nc(C(O)(CO)c3ccc(F)cc3)nc3cccn23)n[nH]1. The van der Waals surface area contributed by atoms with Crippen LogP contribution in [0.2, 0.25) is 0 Å². The zero-order chi connectivity index (χ0) is 19.0. The fraction of sp³-hybridized carbons (Fsp3) is 0.167. The van der Waals surface area contributed by atoms with Crippen molar-refractivity contribution in [1.29, 1.82) is 0 Å². The van der Waals surface area contributed by atoms with E-state index < -0.39 is 18.0 Å². The Kier molecular flexibility index (Phi) is 4.09. The van der Waals surface area contributed by atoms with E-state index in [0.29, 0.717) is 17.4 Å². The van der Waals surface area contributed by atoms with Crippen LogP contribution in [0.15, 0.2) is 48.7 Å². The van der Waals surface area contributed by atoms with Gasteiger partial charge in [0.15, 0.2) is 17.2 Å². The van der Waals surface area contributed by atoms with Crippen LogP contribution < -0.4 is 5.32 Å². The van der Waals surface area contributed by atoms with E-state index in [9.17, 15) is 14.6 Å². The Hall–Kier alpha value is -3.30. The first-order chi connectivity index (χ1) is 13.0. The van der Waals surface area contributed by atoms with E-state index >= 15 is 0 Å². The van der Waals surface area contributed by atoms with Gasteiger partial charge in [-0.15, -0.1) is 0 Å². The fourth-order valence-electron chi connectivity index (χ4n) is 2.82. The fourth-order valence-corrected chi connectivity index (χ4v) is 2.82. The zero-order valence-corrected chi connectivity index (χ0v) is 14.4. The minimum absolute atomic E-state index is 0.0161. The van der Waals surface area contributed by atoms with E-state index in [4.69, 9.17) is 0 Å². The molecule has 0 aliphatic rings. The molecule has 1 atom stereocenters. The maximum Gasteiger partial charge on any atom is 0.216 e. The van der Waals surface area contributed by atoms with Crippen LogP contribution in [0, 0.1) is 12.7 Å². The molecule has 0 aliphatic heterocycles. The number of halogens is 1. The minimum Gasteiger partial charge on any atom is -0.393 e. The number of aliphatic hydroxyl groups is 2. The predicted molar refractivity (Wildman–Crippen MR) is 96.1 cm³/mol. The Morgan fingerprint density at radius 2 is 2.00 bits per heavy atom. The van der Waals surface area contributed by atoms with Crippen LogP contribution in [0.25, 0.3) is 5.65 Å². The van der Waals surface area contributed by atoms with E-state index in [1.54, 1.807) is 28.8 Å². The first-order valence-electron chi connectivity index (χ1n) is 8.23. The molecule has 0 aliphatic carbocycles. The Labute approximate surface area is 153 Å². The van der Waals surface area contributed by atoms with Gasteiger partial charge in [-0.2, -0.15) is 10.1 Å².